The molecule has 0 unspecified atom stereocenters. The van der Waals surface area contributed by atoms with Crippen LogP contribution in [0.2, 0.25) is 0 Å². The van der Waals surface area contributed by atoms with E-state index in [-0.39, 0.29) is 0 Å². The summed E-state index contributed by atoms with van der Waals surface area (Å²) in [4.78, 5) is 5.46. The SMILES string of the molecule is CCOc1ccc(OCC)c(NCc2cnc(C)s2)c1. The lowest BCUT2D eigenvalue weighted by Crippen LogP contribution is -2.02. The van der Waals surface area contributed by atoms with E-state index in [0.29, 0.717) is 13.2 Å². The van der Waals surface area contributed by atoms with E-state index >= 15 is 0 Å². The molecule has 2 rings (SSSR count). The second kappa shape index (κ2) is 7.14. The molecule has 0 fully saturated rings. The summed E-state index contributed by atoms with van der Waals surface area (Å²) in [6.45, 7) is 8.00. The summed E-state index contributed by atoms with van der Waals surface area (Å²) in [5.74, 6) is 1.69. The van der Waals surface area contributed by atoms with Gasteiger partial charge in [0, 0.05) is 17.1 Å². The van der Waals surface area contributed by atoms with E-state index in [1.807, 2.05) is 45.2 Å². The van der Waals surface area contributed by atoms with Crippen molar-refractivity contribution in [2.75, 3.05) is 18.5 Å². The number of anilines is 1. The molecule has 0 atom stereocenters. The summed E-state index contributed by atoms with van der Waals surface area (Å²) in [6.07, 6.45) is 1.90. The number of nitrogens with one attached hydrogen (secondary N) is 1. The molecule has 0 aliphatic carbocycles. The lowest BCUT2D eigenvalue weighted by atomic mass is 10.2. The predicted octanol–water partition coefficient (Wildman–Crippen LogP) is 3.86. The van der Waals surface area contributed by atoms with Crippen LogP contribution in [-0.4, -0.2) is 18.2 Å². The van der Waals surface area contributed by atoms with Gasteiger partial charge in [0.25, 0.3) is 0 Å². The second-order valence-electron chi connectivity index (χ2n) is 4.22. The summed E-state index contributed by atoms with van der Waals surface area (Å²) in [6, 6.07) is 5.84. The van der Waals surface area contributed by atoms with Crippen molar-refractivity contribution in [3.8, 4) is 11.5 Å². The number of benzene rings is 1. The van der Waals surface area contributed by atoms with Gasteiger partial charge in [0.2, 0.25) is 0 Å². The third kappa shape index (κ3) is 3.87. The molecule has 0 amide bonds. The number of thiazole rings is 1. The fourth-order valence-electron chi connectivity index (χ4n) is 1.85. The van der Waals surface area contributed by atoms with E-state index in [4.69, 9.17) is 9.47 Å². The molecular formula is C15H20N2O2S. The highest BCUT2D eigenvalue weighted by molar-refractivity contribution is 7.11. The minimum Gasteiger partial charge on any atom is -0.494 e. The molecule has 0 saturated carbocycles. The van der Waals surface area contributed by atoms with E-state index < -0.39 is 0 Å². The summed E-state index contributed by atoms with van der Waals surface area (Å²) in [5, 5.41) is 4.47. The van der Waals surface area contributed by atoms with Gasteiger partial charge in [-0.15, -0.1) is 11.3 Å². The van der Waals surface area contributed by atoms with Crippen molar-refractivity contribution in [1.82, 2.24) is 4.98 Å². The van der Waals surface area contributed by atoms with Gasteiger partial charge in [-0.1, -0.05) is 0 Å². The number of nitrogens with zero attached hydrogens (tertiary/aromatic N) is 1. The summed E-state index contributed by atoms with van der Waals surface area (Å²) >= 11 is 1.69. The van der Waals surface area contributed by atoms with E-state index in [0.717, 1.165) is 28.7 Å². The normalized spacial score (nSPS) is 10.3. The second-order valence-corrected chi connectivity index (χ2v) is 5.54. The monoisotopic (exact) mass is 292 g/mol. The van der Waals surface area contributed by atoms with Crippen LogP contribution in [0.5, 0.6) is 11.5 Å². The van der Waals surface area contributed by atoms with E-state index in [9.17, 15) is 0 Å². The van der Waals surface area contributed by atoms with Gasteiger partial charge in [0.1, 0.15) is 11.5 Å². The van der Waals surface area contributed by atoms with Crippen molar-refractivity contribution in [2.45, 2.75) is 27.3 Å². The molecule has 1 aromatic heterocycles. The molecule has 1 aromatic carbocycles. The molecule has 108 valence electrons. The molecule has 0 aliphatic rings. The molecule has 1 heterocycles. The number of hydrogen-bond acceptors (Lipinski definition) is 5. The van der Waals surface area contributed by atoms with Crippen LogP contribution in [0, 0.1) is 6.92 Å². The summed E-state index contributed by atoms with van der Waals surface area (Å²) in [7, 11) is 0. The molecular weight excluding hydrogens is 272 g/mol. The molecule has 2 aromatic rings. The van der Waals surface area contributed by atoms with Gasteiger partial charge in [0.15, 0.2) is 0 Å². The maximum Gasteiger partial charge on any atom is 0.142 e. The summed E-state index contributed by atoms with van der Waals surface area (Å²) in [5.41, 5.74) is 0.948. The Morgan fingerprint density at radius 2 is 2.00 bits per heavy atom. The number of hydrogen-bond donors (Lipinski definition) is 1. The Kier molecular flexibility index (Phi) is 5.24. The molecule has 0 saturated heterocycles. The van der Waals surface area contributed by atoms with Crippen molar-refractivity contribution < 1.29 is 9.47 Å². The van der Waals surface area contributed by atoms with Gasteiger partial charge in [-0.25, -0.2) is 4.98 Å². The Morgan fingerprint density at radius 1 is 1.20 bits per heavy atom. The van der Waals surface area contributed by atoms with Crippen LogP contribution >= 0.6 is 11.3 Å². The molecule has 4 nitrogen and oxygen atoms in total. The van der Waals surface area contributed by atoms with E-state index in [1.54, 1.807) is 11.3 Å². The molecule has 0 radical (unpaired) electrons. The largest absolute Gasteiger partial charge is 0.494 e. The maximum atomic E-state index is 5.63. The zero-order chi connectivity index (χ0) is 14.4. The first-order valence-corrected chi connectivity index (χ1v) is 7.59. The van der Waals surface area contributed by atoms with Crippen molar-refractivity contribution in [2.24, 2.45) is 0 Å². The Bertz CT molecular complexity index is 555. The van der Waals surface area contributed by atoms with Crippen LogP contribution in [0.25, 0.3) is 0 Å². The van der Waals surface area contributed by atoms with Gasteiger partial charge in [-0.2, -0.15) is 0 Å². The fourth-order valence-corrected chi connectivity index (χ4v) is 2.59. The third-order valence-corrected chi connectivity index (χ3v) is 3.60. The van der Waals surface area contributed by atoms with Gasteiger partial charge in [-0.05, 0) is 32.9 Å². The van der Waals surface area contributed by atoms with Gasteiger partial charge in [0.05, 0.1) is 30.5 Å². The van der Waals surface area contributed by atoms with Gasteiger partial charge < -0.3 is 14.8 Å². The van der Waals surface area contributed by atoms with Crippen molar-refractivity contribution >= 4 is 17.0 Å². The van der Waals surface area contributed by atoms with Crippen LogP contribution in [0.1, 0.15) is 23.7 Å². The third-order valence-electron chi connectivity index (χ3n) is 2.68. The molecule has 0 aliphatic heterocycles. The first-order valence-electron chi connectivity index (χ1n) is 6.77. The molecule has 0 spiro atoms. The molecule has 1 N–H and O–H groups in total. The Balaban J connectivity index is 2.11. The van der Waals surface area contributed by atoms with Crippen LogP contribution in [-0.2, 0) is 6.54 Å². The van der Waals surface area contributed by atoms with Crippen LogP contribution < -0.4 is 14.8 Å². The quantitative estimate of drug-likeness (QED) is 0.841. The zero-order valence-corrected chi connectivity index (χ0v) is 12.9. The fraction of sp³-hybridized carbons (Fsp3) is 0.400. The Labute approximate surface area is 123 Å². The first-order chi connectivity index (χ1) is 9.72. The zero-order valence-electron chi connectivity index (χ0n) is 12.1. The number of aromatic nitrogens is 1. The highest BCUT2D eigenvalue weighted by Crippen LogP contribution is 2.30. The van der Waals surface area contributed by atoms with Crippen molar-refractivity contribution in [3.05, 3.63) is 34.3 Å². The van der Waals surface area contributed by atoms with Gasteiger partial charge in [-0.3, -0.25) is 0 Å². The standard InChI is InChI=1S/C15H20N2O2S/c1-4-18-12-6-7-15(19-5-2)14(8-12)17-10-13-9-16-11(3)20-13/h6-9,17H,4-5,10H2,1-3H3. The minimum absolute atomic E-state index is 0.641. The topological polar surface area (TPSA) is 43.4 Å². The van der Waals surface area contributed by atoms with E-state index in [1.165, 1.54) is 4.88 Å². The Morgan fingerprint density at radius 3 is 2.65 bits per heavy atom. The predicted molar refractivity (Wildman–Crippen MR) is 83.0 cm³/mol. The highest BCUT2D eigenvalue weighted by Gasteiger charge is 2.06. The first kappa shape index (κ1) is 14.7. The van der Waals surface area contributed by atoms with Crippen LogP contribution in [0.3, 0.4) is 0 Å². The van der Waals surface area contributed by atoms with Gasteiger partial charge >= 0.3 is 0 Å². The van der Waals surface area contributed by atoms with Crippen molar-refractivity contribution in [3.63, 3.8) is 0 Å². The highest BCUT2D eigenvalue weighted by atomic mass is 32.1. The lowest BCUT2D eigenvalue weighted by Gasteiger charge is -2.13. The smallest absolute Gasteiger partial charge is 0.142 e. The lowest BCUT2D eigenvalue weighted by molar-refractivity contribution is 0.332. The van der Waals surface area contributed by atoms with Crippen LogP contribution in [0.4, 0.5) is 5.69 Å². The number of aryl methyl sites for hydroxylation is 1. The number of ether oxygens (including phenoxy) is 2. The van der Waals surface area contributed by atoms with E-state index in [2.05, 4.69) is 10.3 Å². The minimum atomic E-state index is 0.641. The molecule has 20 heavy (non-hydrogen) atoms. The number of rotatable bonds is 7. The molecule has 0 bridgehead atoms. The Hall–Kier alpha value is -1.75. The van der Waals surface area contributed by atoms with Crippen LogP contribution in [0.15, 0.2) is 24.4 Å². The average molecular weight is 292 g/mol. The van der Waals surface area contributed by atoms with Crippen molar-refractivity contribution in [1.29, 1.82) is 0 Å². The summed E-state index contributed by atoms with van der Waals surface area (Å²) < 4.78 is 11.2. The molecule has 5 heteroatoms. The maximum absolute atomic E-state index is 5.63. The average Bonchev–Trinajstić information content (AvgIpc) is 2.85.